The minimum atomic E-state index is -0.318. The number of amides is 2. The van der Waals surface area contributed by atoms with Gasteiger partial charge in [0.2, 0.25) is 0 Å². The molecule has 0 unspecified atom stereocenters. The molecule has 5 nitrogen and oxygen atoms in total. The number of para-hydroxylation sites is 1. The van der Waals surface area contributed by atoms with Crippen molar-refractivity contribution < 1.29 is 18.7 Å². The number of thioether (sulfide) groups is 1. The van der Waals surface area contributed by atoms with Crippen LogP contribution < -0.4 is 4.74 Å². The predicted molar refractivity (Wildman–Crippen MR) is 87.7 cm³/mol. The number of likely N-dealkylation sites (N-methyl/N-ethyl adjacent to an activating group) is 1. The fourth-order valence-corrected chi connectivity index (χ4v) is 3.43. The third-order valence-corrected chi connectivity index (χ3v) is 4.66. The highest BCUT2D eigenvalue weighted by Crippen LogP contribution is 2.39. The number of rotatable bonds is 5. The lowest BCUT2D eigenvalue weighted by molar-refractivity contribution is -0.134. The van der Waals surface area contributed by atoms with Crippen LogP contribution in [0.3, 0.4) is 0 Å². The number of hydrogen-bond acceptors (Lipinski definition) is 5. The third-order valence-electron chi connectivity index (χ3n) is 3.56. The van der Waals surface area contributed by atoms with E-state index in [-0.39, 0.29) is 11.8 Å². The van der Waals surface area contributed by atoms with E-state index in [1.165, 1.54) is 18.8 Å². The zero-order valence-electron chi connectivity index (χ0n) is 12.7. The van der Waals surface area contributed by atoms with Gasteiger partial charge in [-0.3, -0.25) is 14.5 Å². The highest BCUT2D eigenvalue weighted by atomic mass is 32.2. The standard InChI is InChI=1S/C17H15NO4S/c1-18-16(19)14(12-7-3-4-8-13(12)21-2)15(17(18)20)23-10-11-6-5-9-22-11/h3-9H,10H2,1-2H3. The number of hydrogen-bond donors (Lipinski definition) is 0. The van der Waals surface area contributed by atoms with Gasteiger partial charge in [0.1, 0.15) is 11.5 Å². The second-order valence-electron chi connectivity index (χ2n) is 4.94. The van der Waals surface area contributed by atoms with Crippen LogP contribution in [0.15, 0.2) is 52.0 Å². The van der Waals surface area contributed by atoms with Crippen LogP contribution in [0, 0.1) is 0 Å². The van der Waals surface area contributed by atoms with Crippen LogP contribution in [0.5, 0.6) is 5.75 Å². The van der Waals surface area contributed by atoms with Crippen LogP contribution in [0.1, 0.15) is 11.3 Å². The van der Waals surface area contributed by atoms with Gasteiger partial charge in [0.05, 0.1) is 29.6 Å². The molecule has 0 fully saturated rings. The van der Waals surface area contributed by atoms with Gasteiger partial charge in [-0.2, -0.15) is 0 Å². The van der Waals surface area contributed by atoms with Crippen LogP contribution in [0.2, 0.25) is 0 Å². The van der Waals surface area contributed by atoms with E-state index in [0.29, 0.717) is 27.5 Å². The summed E-state index contributed by atoms with van der Waals surface area (Å²) in [5.74, 6) is 1.18. The summed E-state index contributed by atoms with van der Waals surface area (Å²) in [5, 5.41) is 0. The van der Waals surface area contributed by atoms with Crippen LogP contribution in [-0.2, 0) is 15.3 Å². The molecule has 0 bridgehead atoms. The molecule has 6 heteroatoms. The van der Waals surface area contributed by atoms with Crippen molar-refractivity contribution in [2.75, 3.05) is 14.2 Å². The second kappa shape index (κ2) is 6.34. The summed E-state index contributed by atoms with van der Waals surface area (Å²) in [5.41, 5.74) is 1.01. The zero-order chi connectivity index (χ0) is 16.4. The number of nitrogens with zero attached hydrogens (tertiary/aromatic N) is 1. The molecular formula is C17H15NO4S. The first-order valence-corrected chi connectivity index (χ1v) is 7.97. The Balaban J connectivity index is 2.03. The topological polar surface area (TPSA) is 59.8 Å². The van der Waals surface area contributed by atoms with E-state index >= 15 is 0 Å². The Morgan fingerprint density at radius 3 is 2.61 bits per heavy atom. The van der Waals surface area contributed by atoms with E-state index in [9.17, 15) is 9.59 Å². The Morgan fingerprint density at radius 1 is 1.13 bits per heavy atom. The van der Waals surface area contributed by atoms with Gasteiger partial charge in [-0.15, -0.1) is 11.8 Å². The molecule has 2 heterocycles. The number of carbonyl (C=O) groups is 2. The van der Waals surface area contributed by atoms with E-state index in [0.717, 1.165) is 10.7 Å². The lowest BCUT2D eigenvalue weighted by Gasteiger charge is -2.09. The summed E-state index contributed by atoms with van der Waals surface area (Å²) < 4.78 is 10.6. The van der Waals surface area contributed by atoms with Crippen LogP contribution in [-0.4, -0.2) is 30.9 Å². The first-order valence-electron chi connectivity index (χ1n) is 6.98. The Hall–Kier alpha value is -2.47. The number of ether oxygens (including phenoxy) is 1. The molecule has 1 aromatic heterocycles. The number of carbonyl (C=O) groups excluding carboxylic acids is 2. The van der Waals surface area contributed by atoms with Gasteiger partial charge in [-0.05, 0) is 18.2 Å². The van der Waals surface area contributed by atoms with Gasteiger partial charge < -0.3 is 9.15 Å². The molecule has 0 saturated carbocycles. The summed E-state index contributed by atoms with van der Waals surface area (Å²) in [7, 11) is 3.03. The van der Waals surface area contributed by atoms with E-state index in [4.69, 9.17) is 9.15 Å². The molecule has 23 heavy (non-hydrogen) atoms. The molecule has 2 aromatic rings. The maximum absolute atomic E-state index is 12.5. The quantitative estimate of drug-likeness (QED) is 0.789. The highest BCUT2D eigenvalue weighted by Gasteiger charge is 2.37. The molecule has 0 saturated heterocycles. The van der Waals surface area contributed by atoms with Crippen molar-refractivity contribution in [1.82, 2.24) is 4.90 Å². The van der Waals surface area contributed by atoms with Gasteiger partial charge in [0.15, 0.2) is 0 Å². The minimum absolute atomic E-state index is 0.299. The zero-order valence-corrected chi connectivity index (χ0v) is 13.6. The fraction of sp³-hybridized carbons (Fsp3) is 0.176. The van der Waals surface area contributed by atoms with Crippen molar-refractivity contribution in [3.63, 3.8) is 0 Å². The summed E-state index contributed by atoms with van der Waals surface area (Å²) in [6.45, 7) is 0. The van der Waals surface area contributed by atoms with E-state index in [1.807, 2.05) is 18.2 Å². The largest absolute Gasteiger partial charge is 0.496 e. The lowest BCUT2D eigenvalue weighted by atomic mass is 10.1. The molecule has 1 aromatic carbocycles. The smallest absolute Gasteiger partial charge is 0.267 e. The molecule has 118 valence electrons. The van der Waals surface area contributed by atoms with Crippen molar-refractivity contribution >= 4 is 29.1 Å². The van der Waals surface area contributed by atoms with Gasteiger partial charge >= 0.3 is 0 Å². The Kier molecular flexibility index (Phi) is 4.25. The van der Waals surface area contributed by atoms with Crippen LogP contribution in [0.25, 0.3) is 5.57 Å². The maximum Gasteiger partial charge on any atom is 0.267 e. The van der Waals surface area contributed by atoms with Gasteiger partial charge in [-0.1, -0.05) is 18.2 Å². The lowest BCUT2D eigenvalue weighted by Crippen LogP contribution is -2.26. The summed E-state index contributed by atoms with van der Waals surface area (Å²) in [6, 6.07) is 10.8. The van der Waals surface area contributed by atoms with Crippen LogP contribution >= 0.6 is 11.8 Å². The van der Waals surface area contributed by atoms with Gasteiger partial charge in [0, 0.05) is 12.6 Å². The molecule has 1 aliphatic rings. The average Bonchev–Trinajstić information content (AvgIpc) is 3.16. The van der Waals surface area contributed by atoms with Crippen molar-refractivity contribution in [3.05, 3.63) is 58.9 Å². The van der Waals surface area contributed by atoms with E-state index in [1.54, 1.807) is 31.6 Å². The van der Waals surface area contributed by atoms with Crippen molar-refractivity contribution in [2.45, 2.75) is 5.75 Å². The molecule has 2 amide bonds. The Bertz CT molecular complexity index is 780. The predicted octanol–water partition coefficient (Wildman–Crippen LogP) is 2.93. The molecule has 0 radical (unpaired) electrons. The van der Waals surface area contributed by atoms with Gasteiger partial charge in [-0.25, -0.2) is 0 Å². The number of benzene rings is 1. The first-order chi connectivity index (χ1) is 11.1. The molecule has 1 aliphatic heterocycles. The normalized spacial score (nSPS) is 14.8. The monoisotopic (exact) mass is 329 g/mol. The highest BCUT2D eigenvalue weighted by molar-refractivity contribution is 8.03. The second-order valence-corrected chi connectivity index (χ2v) is 5.93. The summed E-state index contributed by atoms with van der Waals surface area (Å²) in [4.78, 5) is 26.5. The number of furan rings is 1. The number of methoxy groups -OCH3 is 1. The van der Waals surface area contributed by atoms with E-state index < -0.39 is 0 Å². The number of imide groups is 1. The molecule has 3 rings (SSSR count). The van der Waals surface area contributed by atoms with Crippen molar-refractivity contribution in [2.24, 2.45) is 0 Å². The average molecular weight is 329 g/mol. The summed E-state index contributed by atoms with van der Waals surface area (Å²) in [6.07, 6.45) is 1.58. The maximum atomic E-state index is 12.5. The van der Waals surface area contributed by atoms with Crippen LogP contribution in [0.4, 0.5) is 0 Å². The third kappa shape index (κ3) is 2.77. The van der Waals surface area contributed by atoms with Crippen molar-refractivity contribution in [3.8, 4) is 5.75 Å². The Morgan fingerprint density at radius 2 is 1.91 bits per heavy atom. The fourth-order valence-electron chi connectivity index (χ4n) is 2.38. The van der Waals surface area contributed by atoms with Gasteiger partial charge in [0.25, 0.3) is 11.8 Å². The first kappa shape index (κ1) is 15.4. The molecular weight excluding hydrogens is 314 g/mol. The Labute approximate surface area is 137 Å². The minimum Gasteiger partial charge on any atom is -0.496 e. The summed E-state index contributed by atoms with van der Waals surface area (Å²) >= 11 is 1.30. The molecule has 0 aliphatic carbocycles. The molecule has 0 N–H and O–H groups in total. The SMILES string of the molecule is COc1ccccc1C1=C(SCc2ccco2)C(=O)N(C)C1=O. The molecule has 0 atom stereocenters. The van der Waals surface area contributed by atoms with E-state index in [2.05, 4.69) is 0 Å². The molecule has 0 spiro atoms. The van der Waals surface area contributed by atoms with Crippen molar-refractivity contribution in [1.29, 1.82) is 0 Å².